The van der Waals surface area contributed by atoms with E-state index >= 15 is 0 Å². The molecule has 4 rings (SSSR count). The van der Waals surface area contributed by atoms with Crippen LogP contribution in [0.3, 0.4) is 0 Å². The molecule has 1 amide bonds. The van der Waals surface area contributed by atoms with Gasteiger partial charge in [0.2, 0.25) is 5.91 Å². The molecule has 4 aromatic rings. The predicted octanol–water partition coefficient (Wildman–Crippen LogP) is 3.38. The van der Waals surface area contributed by atoms with Gasteiger partial charge in [0.15, 0.2) is 5.65 Å². The molecule has 0 unspecified atom stereocenters. The molecule has 136 valence electrons. The third kappa shape index (κ3) is 3.70. The molecule has 0 aliphatic carbocycles. The highest BCUT2D eigenvalue weighted by atomic mass is 32.2. The summed E-state index contributed by atoms with van der Waals surface area (Å²) in [5.74, 6) is 0.876. The highest BCUT2D eigenvalue weighted by molar-refractivity contribution is 8.00. The van der Waals surface area contributed by atoms with Crippen LogP contribution >= 0.6 is 11.8 Å². The zero-order valence-corrected chi connectivity index (χ0v) is 15.4. The Balaban J connectivity index is 1.48. The van der Waals surface area contributed by atoms with E-state index in [0.29, 0.717) is 5.65 Å². The Morgan fingerprint density at radius 3 is 2.85 bits per heavy atom. The summed E-state index contributed by atoms with van der Waals surface area (Å²) in [6.45, 7) is 1.88. The van der Waals surface area contributed by atoms with E-state index in [0.717, 1.165) is 21.9 Å². The minimum absolute atomic E-state index is 0.0916. The number of benzene rings is 1. The topological polar surface area (TPSA) is 85.8 Å². The van der Waals surface area contributed by atoms with Crippen LogP contribution in [-0.4, -0.2) is 31.4 Å². The molecule has 1 atom stereocenters. The van der Waals surface area contributed by atoms with E-state index in [9.17, 15) is 4.79 Å². The highest BCUT2D eigenvalue weighted by Crippen LogP contribution is 2.25. The number of aromatic nitrogens is 4. The fraction of sp³-hybridized carbons (Fsp3) is 0.158. The molecule has 0 aliphatic rings. The van der Waals surface area contributed by atoms with Gasteiger partial charge in [0.05, 0.1) is 35.3 Å². The maximum atomic E-state index is 12.2. The van der Waals surface area contributed by atoms with Gasteiger partial charge in [0, 0.05) is 0 Å². The first-order valence-electron chi connectivity index (χ1n) is 8.42. The number of fused-ring (bicyclic) bond motifs is 1. The molecular formula is C19H17N5O2S. The number of hydrogen-bond acceptors (Lipinski definition) is 6. The van der Waals surface area contributed by atoms with Crippen molar-refractivity contribution in [2.45, 2.75) is 18.0 Å². The largest absolute Gasteiger partial charge is 0.467 e. The van der Waals surface area contributed by atoms with Crippen molar-refractivity contribution in [3.05, 3.63) is 67.0 Å². The molecule has 0 fully saturated rings. The molecule has 27 heavy (non-hydrogen) atoms. The lowest BCUT2D eigenvalue weighted by molar-refractivity contribution is -0.119. The third-order valence-electron chi connectivity index (χ3n) is 4.02. The van der Waals surface area contributed by atoms with Crippen molar-refractivity contribution in [3.63, 3.8) is 0 Å². The second-order valence-electron chi connectivity index (χ2n) is 5.90. The molecule has 0 bridgehead atoms. The predicted molar refractivity (Wildman–Crippen MR) is 103 cm³/mol. The van der Waals surface area contributed by atoms with Gasteiger partial charge in [-0.3, -0.25) is 4.79 Å². The van der Waals surface area contributed by atoms with Crippen LogP contribution in [0.5, 0.6) is 0 Å². The van der Waals surface area contributed by atoms with Gasteiger partial charge in [-0.25, -0.2) is 14.6 Å². The van der Waals surface area contributed by atoms with Crippen LogP contribution in [-0.2, 0) is 4.79 Å². The minimum atomic E-state index is -0.181. The Kier molecular flexibility index (Phi) is 4.88. The van der Waals surface area contributed by atoms with Crippen molar-refractivity contribution in [3.8, 4) is 5.69 Å². The molecule has 0 saturated heterocycles. The summed E-state index contributed by atoms with van der Waals surface area (Å²) >= 11 is 1.36. The van der Waals surface area contributed by atoms with E-state index in [1.807, 2.05) is 43.3 Å². The smallest absolute Gasteiger partial charge is 0.230 e. The molecule has 1 aromatic carbocycles. The van der Waals surface area contributed by atoms with Gasteiger partial charge in [-0.15, -0.1) is 0 Å². The van der Waals surface area contributed by atoms with Crippen LogP contribution in [0.2, 0.25) is 0 Å². The fourth-order valence-electron chi connectivity index (χ4n) is 2.72. The standard InChI is InChI=1S/C19H17N5O2S/c1-13(16-8-5-9-26-16)23-17(25)11-27-19-15-10-22-24(18(15)20-12-21-19)14-6-3-2-4-7-14/h2-10,12-13H,11H2,1H3,(H,23,25)/t13-/m0/s1. The molecule has 7 nitrogen and oxygen atoms in total. The lowest BCUT2D eigenvalue weighted by Gasteiger charge is -2.11. The summed E-state index contributed by atoms with van der Waals surface area (Å²) in [6.07, 6.45) is 4.82. The number of rotatable bonds is 6. The van der Waals surface area contributed by atoms with Crippen LogP contribution in [0.1, 0.15) is 18.7 Å². The van der Waals surface area contributed by atoms with E-state index in [4.69, 9.17) is 4.42 Å². The number of carbonyl (C=O) groups excluding carboxylic acids is 1. The number of carbonyl (C=O) groups is 1. The van der Waals surface area contributed by atoms with Gasteiger partial charge in [0.25, 0.3) is 0 Å². The fourth-order valence-corrected chi connectivity index (χ4v) is 3.49. The number of thioether (sulfide) groups is 1. The minimum Gasteiger partial charge on any atom is -0.467 e. The highest BCUT2D eigenvalue weighted by Gasteiger charge is 2.15. The van der Waals surface area contributed by atoms with Gasteiger partial charge >= 0.3 is 0 Å². The molecular weight excluding hydrogens is 362 g/mol. The molecule has 3 aromatic heterocycles. The van der Waals surface area contributed by atoms with E-state index in [1.54, 1.807) is 23.2 Å². The SMILES string of the molecule is C[C@H](NC(=O)CSc1ncnc2c1cnn2-c1ccccc1)c1ccco1. The second kappa shape index (κ2) is 7.63. The lowest BCUT2D eigenvalue weighted by atomic mass is 10.2. The van der Waals surface area contributed by atoms with Gasteiger partial charge in [0.1, 0.15) is 17.1 Å². The van der Waals surface area contributed by atoms with Crippen molar-refractivity contribution in [2.24, 2.45) is 0 Å². The molecule has 3 heterocycles. The van der Waals surface area contributed by atoms with Gasteiger partial charge in [-0.1, -0.05) is 30.0 Å². The summed E-state index contributed by atoms with van der Waals surface area (Å²) in [4.78, 5) is 20.9. The normalized spacial score (nSPS) is 12.2. The average Bonchev–Trinajstić information content (AvgIpc) is 3.37. The average molecular weight is 379 g/mol. The van der Waals surface area contributed by atoms with E-state index in [2.05, 4.69) is 20.4 Å². The number of furan rings is 1. The molecule has 0 aliphatic heterocycles. The summed E-state index contributed by atoms with van der Waals surface area (Å²) in [5.41, 5.74) is 1.63. The van der Waals surface area contributed by atoms with E-state index in [-0.39, 0.29) is 17.7 Å². The molecule has 1 N–H and O–H groups in total. The van der Waals surface area contributed by atoms with E-state index < -0.39 is 0 Å². The number of nitrogens with zero attached hydrogens (tertiary/aromatic N) is 4. The summed E-state index contributed by atoms with van der Waals surface area (Å²) in [5, 5.41) is 8.88. The van der Waals surface area contributed by atoms with Crippen LogP contribution < -0.4 is 5.32 Å². The van der Waals surface area contributed by atoms with Crippen LogP contribution in [0.4, 0.5) is 0 Å². The monoisotopic (exact) mass is 379 g/mol. The van der Waals surface area contributed by atoms with Crippen LogP contribution in [0, 0.1) is 0 Å². The molecule has 0 spiro atoms. The summed E-state index contributed by atoms with van der Waals surface area (Å²) in [7, 11) is 0. The molecule has 0 radical (unpaired) electrons. The third-order valence-corrected chi connectivity index (χ3v) is 5.02. The van der Waals surface area contributed by atoms with Crippen molar-refractivity contribution >= 4 is 28.7 Å². The maximum absolute atomic E-state index is 12.2. The first-order valence-corrected chi connectivity index (χ1v) is 9.40. The zero-order chi connectivity index (χ0) is 18.6. The Bertz CT molecular complexity index is 1050. The summed E-state index contributed by atoms with van der Waals surface area (Å²) < 4.78 is 7.07. The van der Waals surface area contributed by atoms with Crippen molar-refractivity contribution in [2.75, 3.05) is 5.75 Å². The number of nitrogens with one attached hydrogen (secondary N) is 1. The summed E-state index contributed by atoms with van der Waals surface area (Å²) in [6, 6.07) is 13.2. The van der Waals surface area contributed by atoms with Crippen molar-refractivity contribution in [1.29, 1.82) is 0 Å². The van der Waals surface area contributed by atoms with Gasteiger partial charge < -0.3 is 9.73 Å². The Hall–Kier alpha value is -3.13. The number of amides is 1. The van der Waals surface area contributed by atoms with E-state index in [1.165, 1.54) is 18.1 Å². The molecule has 0 saturated carbocycles. The Morgan fingerprint density at radius 1 is 1.22 bits per heavy atom. The first kappa shape index (κ1) is 17.3. The number of hydrogen-bond donors (Lipinski definition) is 1. The lowest BCUT2D eigenvalue weighted by Crippen LogP contribution is -2.27. The van der Waals surface area contributed by atoms with Crippen molar-refractivity contribution < 1.29 is 9.21 Å². The van der Waals surface area contributed by atoms with Crippen molar-refractivity contribution in [1.82, 2.24) is 25.1 Å². The zero-order valence-electron chi connectivity index (χ0n) is 14.6. The second-order valence-corrected chi connectivity index (χ2v) is 6.87. The maximum Gasteiger partial charge on any atom is 0.230 e. The first-order chi connectivity index (χ1) is 13.2. The number of para-hydroxylation sites is 1. The van der Waals surface area contributed by atoms with Crippen LogP contribution in [0.25, 0.3) is 16.7 Å². The van der Waals surface area contributed by atoms with Gasteiger partial charge in [-0.2, -0.15) is 5.10 Å². The quantitative estimate of drug-likeness (QED) is 0.408. The Labute approximate surface area is 159 Å². The van der Waals surface area contributed by atoms with Crippen LogP contribution in [0.15, 0.2) is 70.7 Å². The molecule has 8 heteroatoms. The Morgan fingerprint density at radius 2 is 2.07 bits per heavy atom. The van der Waals surface area contributed by atoms with Gasteiger partial charge in [-0.05, 0) is 31.2 Å².